The lowest BCUT2D eigenvalue weighted by Crippen LogP contribution is -2.66. The number of aliphatic hydroxyl groups excluding tert-OH is 11. The molecule has 11 N–H and O–H groups in total. The highest BCUT2D eigenvalue weighted by Gasteiger charge is 2.69. The second-order valence-corrected chi connectivity index (χ2v) is 22.8. The van der Waals surface area contributed by atoms with Gasteiger partial charge in [0.25, 0.3) is 0 Å². The van der Waals surface area contributed by atoms with E-state index in [1.165, 1.54) is 5.57 Å². The summed E-state index contributed by atoms with van der Waals surface area (Å²) in [6.07, 6.45) is -12.2. The van der Waals surface area contributed by atoms with Crippen molar-refractivity contribution in [3.8, 4) is 0 Å². The van der Waals surface area contributed by atoms with E-state index < -0.39 is 123 Å². The zero-order valence-corrected chi connectivity index (χ0v) is 38.6. The van der Waals surface area contributed by atoms with Crippen LogP contribution in [0.2, 0.25) is 0 Å². The fourth-order valence-corrected chi connectivity index (χ4v) is 14.9. The summed E-state index contributed by atoms with van der Waals surface area (Å²) in [5, 5.41) is 115. The van der Waals surface area contributed by atoms with Crippen molar-refractivity contribution < 1.29 is 89.4 Å². The van der Waals surface area contributed by atoms with Gasteiger partial charge in [0.05, 0.1) is 38.4 Å². The van der Waals surface area contributed by atoms with Crippen molar-refractivity contribution in [3.05, 3.63) is 11.6 Å². The molecule has 0 aromatic heterocycles. The van der Waals surface area contributed by atoms with Crippen LogP contribution in [0.4, 0.5) is 0 Å². The molecule has 8 aliphatic rings. The van der Waals surface area contributed by atoms with Gasteiger partial charge in [-0.3, -0.25) is 4.79 Å². The maximum atomic E-state index is 14.4. The summed E-state index contributed by atoms with van der Waals surface area (Å²) in [6.45, 7) is 12.1. The van der Waals surface area contributed by atoms with Gasteiger partial charge in [-0.2, -0.15) is 0 Å². The highest BCUT2D eigenvalue weighted by Crippen LogP contribution is 2.75. The third-order valence-corrected chi connectivity index (χ3v) is 18.8. The Labute approximate surface area is 380 Å². The average molecular weight is 929 g/mol. The number of allylic oxidation sites excluding steroid dienone is 2. The summed E-state index contributed by atoms with van der Waals surface area (Å²) in [6, 6.07) is 0. The SMILES string of the molecule is CC1(C)CC(C(=O)OC2OC(COC3OC(CO)C(O)C(O)C3O)C(O)C(O)C2O)C2CCC3(C)C(=CCC4C5(C)CCC(OC6OCC(O)C(O)C6O)C(C)(CO)C5CCC43C)C2C1. The Bertz CT molecular complexity index is 1750. The van der Waals surface area contributed by atoms with Crippen LogP contribution < -0.4 is 0 Å². The molecule has 3 heterocycles. The van der Waals surface area contributed by atoms with Gasteiger partial charge in [0.15, 0.2) is 12.6 Å². The first kappa shape index (κ1) is 50.0. The number of esters is 1. The first-order chi connectivity index (χ1) is 30.5. The maximum Gasteiger partial charge on any atom is 0.311 e. The van der Waals surface area contributed by atoms with E-state index in [-0.39, 0.29) is 58.5 Å². The molecular formula is C47H76O18. The number of fused-ring (bicyclic) bond motifs is 7. The van der Waals surface area contributed by atoms with E-state index in [9.17, 15) is 61.0 Å². The molecule has 0 aromatic carbocycles. The first-order valence-corrected chi connectivity index (χ1v) is 23.9. The van der Waals surface area contributed by atoms with Crippen molar-refractivity contribution in [1.82, 2.24) is 0 Å². The molecule has 18 heteroatoms. The Morgan fingerprint density at radius 2 is 1.35 bits per heavy atom. The molecular weight excluding hydrogens is 852 g/mol. The smallest absolute Gasteiger partial charge is 0.311 e. The van der Waals surface area contributed by atoms with E-state index in [0.717, 1.165) is 44.9 Å². The van der Waals surface area contributed by atoms with Crippen LogP contribution in [0.25, 0.3) is 0 Å². The number of carbonyl (C=O) groups excluding carboxylic acids is 1. The molecule has 0 bridgehead atoms. The second kappa shape index (κ2) is 18.1. The van der Waals surface area contributed by atoms with E-state index in [1.807, 2.05) is 0 Å². The van der Waals surface area contributed by atoms with Gasteiger partial charge in [0.1, 0.15) is 67.1 Å². The Hall–Kier alpha value is -1.43. The van der Waals surface area contributed by atoms with Crippen molar-refractivity contribution in [2.75, 3.05) is 26.4 Å². The minimum absolute atomic E-state index is 0.0641. The standard InChI is InChI=1S/C47H76O18/c1-43(2)15-22-21(23(16-43)39(59)65-42-38(58)35(55)33(53)27(63-42)19-61-40-37(57)34(54)32(52)26(17-48)62-40)9-13-46(5)24(22)7-8-29-44(3)12-11-30(64-41-36(56)31(51)25(50)18-60-41)45(4,20-49)28(44)10-14-47(29,46)6/h7,21-23,25-38,40-42,48-58H,8-20H2,1-6H3. The highest BCUT2D eigenvalue weighted by molar-refractivity contribution is 5.73. The number of aliphatic hydroxyl groups is 11. The molecule has 0 amide bonds. The Morgan fingerprint density at radius 3 is 2.03 bits per heavy atom. The lowest BCUT2D eigenvalue weighted by molar-refractivity contribution is -0.327. The fourth-order valence-electron chi connectivity index (χ4n) is 14.9. The van der Waals surface area contributed by atoms with Gasteiger partial charge in [-0.05, 0) is 103 Å². The molecule has 7 fully saturated rings. The molecule has 372 valence electrons. The largest absolute Gasteiger partial charge is 0.432 e. The van der Waals surface area contributed by atoms with E-state index >= 15 is 0 Å². The van der Waals surface area contributed by atoms with Crippen LogP contribution in [0.15, 0.2) is 11.6 Å². The molecule has 3 aliphatic heterocycles. The van der Waals surface area contributed by atoms with Crippen LogP contribution in [0.1, 0.15) is 99.3 Å². The van der Waals surface area contributed by atoms with Crippen molar-refractivity contribution in [3.63, 3.8) is 0 Å². The van der Waals surface area contributed by atoms with E-state index in [0.29, 0.717) is 12.8 Å². The average Bonchev–Trinajstić information content (AvgIpc) is 3.26. The summed E-state index contributed by atoms with van der Waals surface area (Å²) < 4.78 is 34.9. The number of hydrogen-bond donors (Lipinski definition) is 11. The molecule has 0 spiro atoms. The van der Waals surface area contributed by atoms with E-state index in [1.54, 1.807) is 0 Å². The highest BCUT2D eigenvalue weighted by atomic mass is 16.7. The van der Waals surface area contributed by atoms with Gasteiger partial charge in [0, 0.05) is 5.41 Å². The fraction of sp³-hybridized carbons (Fsp3) is 0.936. The molecule has 24 unspecified atom stereocenters. The number of rotatable bonds is 9. The summed E-state index contributed by atoms with van der Waals surface area (Å²) in [7, 11) is 0. The monoisotopic (exact) mass is 929 g/mol. The number of ether oxygens (including phenoxy) is 6. The zero-order chi connectivity index (χ0) is 47.3. The lowest BCUT2D eigenvalue weighted by atomic mass is 9.34. The molecule has 65 heavy (non-hydrogen) atoms. The molecule has 24 atom stereocenters. The Morgan fingerprint density at radius 1 is 0.708 bits per heavy atom. The third-order valence-electron chi connectivity index (χ3n) is 18.8. The topological polar surface area (TPSA) is 295 Å². The minimum Gasteiger partial charge on any atom is -0.432 e. The Kier molecular flexibility index (Phi) is 13.9. The van der Waals surface area contributed by atoms with Gasteiger partial charge >= 0.3 is 5.97 Å². The Balaban J connectivity index is 0.980. The van der Waals surface area contributed by atoms with Gasteiger partial charge in [0.2, 0.25) is 6.29 Å². The predicted octanol–water partition coefficient (Wildman–Crippen LogP) is -0.392. The second-order valence-electron chi connectivity index (χ2n) is 22.8. The van der Waals surface area contributed by atoms with Crippen molar-refractivity contribution in [2.24, 2.45) is 56.7 Å². The van der Waals surface area contributed by atoms with Crippen LogP contribution >= 0.6 is 0 Å². The van der Waals surface area contributed by atoms with Gasteiger partial charge in [-0.25, -0.2) is 0 Å². The number of hydrogen-bond acceptors (Lipinski definition) is 18. The summed E-state index contributed by atoms with van der Waals surface area (Å²) in [5.74, 6) is -0.762. The predicted molar refractivity (Wildman–Crippen MR) is 226 cm³/mol. The van der Waals surface area contributed by atoms with Gasteiger partial charge in [-0.15, -0.1) is 0 Å². The molecule has 0 aromatic rings. The zero-order valence-electron chi connectivity index (χ0n) is 38.6. The molecule has 8 rings (SSSR count). The first-order valence-electron chi connectivity index (χ1n) is 23.9. The summed E-state index contributed by atoms with van der Waals surface area (Å²) >= 11 is 0. The van der Waals surface area contributed by atoms with E-state index in [2.05, 4.69) is 47.6 Å². The van der Waals surface area contributed by atoms with Crippen LogP contribution in [0.5, 0.6) is 0 Å². The summed E-state index contributed by atoms with van der Waals surface area (Å²) in [4.78, 5) is 14.4. The normalized spacial score (nSPS) is 54.3. The van der Waals surface area contributed by atoms with Crippen molar-refractivity contribution in [1.29, 1.82) is 0 Å². The molecule has 4 saturated carbocycles. The molecule has 3 saturated heterocycles. The molecule has 18 nitrogen and oxygen atoms in total. The molecule has 5 aliphatic carbocycles. The number of carbonyl (C=O) groups is 1. The van der Waals surface area contributed by atoms with Gasteiger partial charge in [-0.1, -0.05) is 53.2 Å². The third kappa shape index (κ3) is 8.18. The van der Waals surface area contributed by atoms with E-state index in [4.69, 9.17) is 28.4 Å². The quantitative estimate of drug-likeness (QED) is 0.0797. The van der Waals surface area contributed by atoms with Gasteiger partial charge < -0.3 is 84.6 Å². The van der Waals surface area contributed by atoms with Crippen molar-refractivity contribution in [2.45, 2.75) is 191 Å². The van der Waals surface area contributed by atoms with Crippen LogP contribution in [-0.4, -0.2) is 181 Å². The van der Waals surface area contributed by atoms with Crippen molar-refractivity contribution >= 4 is 5.97 Å². The minimum atomic E-state index is -1.80. The van der Waals surface area contributed by atoms with Crippen LogP contribution in [0, 0.1) is 56.7 Å². The van der Waals surface area contributed by atoms with Crippen LogP contribution in [0.3, 0.4) is 0 Å². The molecule has 0 radical (unpaired) electrons. The maximum absolute atomic E-state index is 14.4. The van der Waals surface area contributed by atoms with Crippen LogP contribution in [-0.2, 0) is 33.2 Å². The summed E-state index contributed by atoms with van der Waals surface area (Å²) in [5.41, 5.74) is -0.0126. The lowest BCUT2D eigenvalue weighted by Gasteiger charge is -2.71.